The lowest BCUT2D eigenvalue weighted by atomic mass is 9.94. The molecule has 1 aliphatic heterocycles. The lowest BCUT2D eigenvalue weighted by Crippen LogP contribution is -2.54. The van der Waals surface area contributed by atoms with Crippen LogP contribution in [0.15, 0.2) is 83.8 Å². The van der Waals surface area contributed by atoms with Crippen molar-refractivity contribution in [1.82, 2.24) is 4.90 Å². The van der Waals surface area contributed by atoms with E-state index in [0.717, 1.165) is 16.7 Å². The topological polar surface area (TPSA) is 46.6 Å². The summed E-state index contributed by atoms with van der Waals surface area (Å²) in [6, 6.07) is 24.7. The van der Waals surface area contributed by atoms with E-state index in [1.807, 2.05) is 49.4 Å². The Bertz CT molecular complexity index is 1060. The second-order valence-electron chi connectivity index (χ2n) is 7.30. The van der Waals surface area contributed by atoms with Crippen LogP contribution in [0.3, 0.4) is 0 Å². The largest absolute Gasteiger partial charge is 0.297 e. The molecular weight excluding hydrogens is 406 g/mol. The molecule has 1 atom stereocenters. The molecule has 0 radical (unpaired) electrons. The van der Waals surface area contributed by atoms with Gasteiger partial charge in [0.05, 0.1) is 10.9 Å². The van der Waals surface area contributed by atoms with E-state index >= 15 is 0 Å². The Kier molecular flexibility index (Phi) is 5.74. The van der Waals surface area contributed by atoms with Crippen LogP contribution in [0.1, 0.15) is 22.7 Å². The van der Waals surface area contributed by atoms with Crippen LogP contribution in [0.25, 0.3) is 0 Å². The molecule has 1 aliphatic rings. The molecule has 0 aliphatic carbocycles. The predicted molar refractivity (Wildman–Crippen MR) is 115 cm³/mol. The third-order valence-corrected chi connectivity index (χ3v) is 6.74. The summed E-state index contributed by atoms with van der Waals surface area (Å²) in [7, 11) is -3.77. The minimum atomic E-state index is -3.77. The fourth-order valence-corrected chi connectivity index (χ4v) is 4.76. The molecule has 0 spiro atoms. The fraction of sp³-hybridized carbons (Fsp3) is 0.217. The van der Waals surface area contributed by atoms with Crippen molar-refractivity contribution in [2.45, 2.75) is 24.0 Å². The molecule has 1 unspecified atom stereocenters. The first-order valence-corrected chi connectivity index (χ1v) is 11.3. The average molecular weight is 428 g/mol. The Morgan fingerprint density at radius 1 is 0.897 bits per heavy atom. The smallest absolute Gasteiger partial charge is 0.287 e. The van der Waals surface area contributed by atoms with Crippen molar-refractivity contribution >= 4 is 21.7 Å². The Morgan fingerprint density at radius 3 is 2.10 bits per heavy atom. The second kappa shape index (κ2) is 8.28. The monoisotopic (exact) mass is 427 g/mol. The molecule has 0 amide bonds. The van der Waals surface area contributed by atoms with Crippen molar-refractivity contribution in [2.24, 2.45) is 0 Å². The first-order valence-electron chi connectivity index (χ1n) is 9.47. The number of hydrogen-bond acceptors (Lipinski definition) is 4. The lowest BCUT2D eigenvalue weighted by molar-refractivity contribution is 0.00419. The molecule has 1 saturated heterocycles. The van der Waals surface area contributed by atoms with Gasteiger partial charge in [0.25, 0.3) is 10.1 Å². The molecule has 1 heterocycles. The summed E-state index contributed by atoms with van der Waals surface area (Å²) >= 11 is 6.05. The van der Waals surface area contributed by atoms with Crippen LogP contribution >= 0.6 is 11.6 Å². The van der Waals surface area contributed by atoms with Gasteiger partial charge < -0.3 is 0 Å². The Hall–Kier alpha value is -2.18. The summed E-state index contributed by atoms with van der Waals surface area (Å²) in [5.41, 5.74) is 3.27. The van der Waals surface area contributed by atoms with Crippen LogP contribution < -0.4 is 0 Å². The maximum Gasteiger partial charge on any atom is 0.297 e. The average Bonchev–Trinajstić information content (AvgIpc) is 2.69. The summed E-state index contributed by atoms with van der Waals surface area (Å²) in [5.74, 6) is 0. The van der Waals surface area contributed by atoms with Crippen LogP contribution in [0.2, 0.25) is 5.02 Å². The standard InChI is InChI=1S/C23H22ClNO3S/c1-17-7-13-22(14-8-17)29(26,27)28-21-15-25(16-21)23(18-5-3-2-4-6-18)19-9-11-20(24)12-10-19/h2-14,21,23H,15-16H2,1H3. The first-order chi connectivity index (χ1) is 13.9. The van der Waals surface area contributed by atoms with E-state index in [4.69, 9.17) is 15.8 Å². The molecule has 150 valence electrons. The number of nitrogens with zero attached hydrogens (tertiary/aromatic N) is 1. The minimum Gasteiger partial charge on any atom is -0.287 e. The molecular formula is C23H22ClNO3S. The molecule has 4 rings (SSSR count). The highest BCUT2D eigenvalue weighted by Gasteiger charge is 2.37. The fourth-order valence-electron chi connectivity index (χ4n) is 3.58. The van der Waals surface area contributed by atoms with Crippen molar-refractivity contribution < 1.29 is 12.6 Å². The highest BCUT2D eigenvalue weighted by atomic mass is 35.5. The molecule has 29 heavy (non-hydrogen) atoms. The number of rotatable bonds is 6. The molecule has 3 aromatic carbocycles. The van der Waals surface area contributed by atoms with E-state index < -0.39 is 10.1 Å². The van der Waals surface area contributed by atoms with E-state index in [1.54, 1.807) is 24.3 Å². The van der Waals surface area contributed by atoms with Gasteiger partial charge in [0.2, 0.25) is 0 Å². The van der Waals surface area contributed by atoms with E-state index in [-0.39, 0.29) is 17.0 Å². The molecule has 6 heteroatoms. The maximum absolute atomic E-state index is 12.5. The quantitative estimate of drug-likeness (QED) is 0.529. The summed E-state index contributed by atoms with van der Waals surface area (Å²) in [4.78, 5) is 2.41. The Balaban J connectivity index is 1.49. The van der Waals surface area contributed by atoms with Crippen molar-refractivity contribution in [3.8, 4) is 0 Å². The number of aryl methyl sites for hydroxylation is 1. The van der Waals surface area contributed by atoms with Crippen LogP contribution in [-0.2, 0) is 14.3 Å². The van der Waals surface area contributed by atoms with Crippen LogP contribution in [0, 0.1) is 6.92 Å². The van der Waals surface area contributed by atoms with E-state index in [1.165, 1.54) is 0 Å². The zero-order chi connectivity index (χ0) is 20.4. The summed E-state index contributed by atoms with van der Waals surface area (Å²) in [6.07, 6.45) is -0.361. The van der Waals surface area contributed by atoms with Crippen molar-refractivity contribution in [3.05, 3.63) is 101 Å². The van der Waals surface area contributed by atoms with Crippen LogP contribution in [-0.4, -0.2) is 32.5 Å². The molecule has 3 aromatic rings. The SMILES string of the molecule is Cc1ccc(S(=O)(=O)OC2CN(C(c3ccccc3)c3ccc(Cl)cc3)C2)cc1. The second-order valence-corrected chi connectivity index (χ2v) is 9.31. The van der Waals surface area contributed by atoms with Gasteiger partial charge in [0.15, 0.2) is 0 Å². The van der Waals surface area contributed by atoms with Gasteiger partial charge in [-0.2, -0.15) is 8.42 Å². The third kappa shape index (κ3) is 4.54. The summed E-state index contributed by atoms with van der Waals surface area (Å²) in [5, 5.41) is 0.689. The molecule has 0 N–H and O–H groups in total. The van der Waals surface area contributed by atoms with Gasteiger partial charge in [-0.15, -0.1) is 0 Å². The van der Waals surface area contributed by atoms with Crippen LogP contribution in [0.5, 0.6) is 0 Å². The van der Waals surface area contributed by atoms with Crippen molar-refractivity contribution in [1.29, 1.82) is 0 Å². The summed E-state index contributed by atoms with van der Waals surface area (Å²) in [6.45, 7) is 2.99. The minimum absolute atomic E-state index is 0.0235. The summed E-state index contributed by atoms with van der Waals surface area (Å²) < 4.78 is 30.6. The van der Waals surface area contributed by atoms with Crippen molar-refractivity contribution in [3.63, 3.8) is 0 Å². The van der Waals surface area contributed by atoms with E-state index in [2.05, 4.69) is 17.0 Å². The Labute approximate surface area is 176 Å². The number of benzene rings is 3. The van der Waals surface area contributed by atoms with Crippen molar-refractivity contribution in [2.75, 3.05) is 13.1 Å². The highest BCUT2D eigenvalue weighted by molar-refractivity contribution is 7.86. The zero-order valence-corrected chi connectivity index (χ0v) is 17.6. The number of likely N-dealkylation sites (tertiary alicyclic amines) is 1. The molecule has 0 aromatic heterocycles. The molecule has 1 fully saturated rings. The van der Waals surface area contributed by atoms with Gasteiger partial charge in [-0.05, 0) is 42.3 Å². The number of halogens is 1. The van der Waals surface area contributed by atoms with Gasteiger partial charge in [-0.3, -0.25) is 9.08 Å². The molecule has 0 bridgehead atoms. The zero-order valence-electron chi connectivity index (χ0n) is 16.0. The Morgan fingerprint density at radius 2 is 1.48 bits per heavy atom. The maximum atomic E-state index is 12.5. The van der Waals surface area contributed by atoms with Gasteiger partial charge in [-0.25, -0.2) is 0 Å². The lowest BCUT2D eigenvalue weighted by Gasteiger charge is -2.43. The third-order valence-electron chi connectivity index (χ3n) is 5.11. The van der Waals surface area contributed by atoms with Gasteiger partial charge in [0, 0.05) is 18.1 Å². The predicted octanol–water partition coefficient (Wildman–Crippen LogP) is 4.83. The first kappa shape index (κ1) is 20.1. The number of hydrogen-bond donors (Lipinski definition) is 0. The van der Waals surface area contributed by atoms with E-state index in [0.29, 0.717) is 18.1 Å². The normalized spacial score (nSPS) is 16.3. The van der Waals surface area contributed by atoms with Gasteiger partial charge >= 0.3 is 0 Å². The molecule has 0 saturated carbocycles. The van der Waals surface area contributed by atoms with Gasteiger partial charge in [-0.1, -0.05) is 71.8 Å². The highest BCUT2D eigenvalue weighted by Crippen LogP contribution is 2.34. The van der Waals surface area contributed by atoms with E-state index in [9.17, 15) is 8.42 Å². The molecule has 4 nitrogen and oxygen atoms in total. The van der Waals surface area contributed by atoms with Crippen LogP contribution in [0.4, 0.5) is 0 Å². The van der Waals surface area contributed by atoms with Gasteiger partial charge in [0.1, 0.15) is 6.10 Å².